The maximum atomic E-state index is 15.5. The summed E-state index contributed by atoms with van der Waals surface area (Å²) in [6.45, 7) is 8.15. The van der Waals surface area contributed by atoms with Crippen molar-refractivity contribution in [2.45, 2.75) is 64.2 Å². The van der Waals surface area contributed by atoms with E-state index in [4.69, 9.17) is 4.84 Å². The zero-order valence-electron chi connectivity index (χ0n) is 23.2. The summed E-state index contributed by atoms with van der Waals surface area (Å²) in [5.41, 5.74) is -0.223. The van der Waals surface area contributed by atoms with Crippen LogP contribution in [0.2, 0.25) is 0 Å². The predicted octanol–water partition coefficient (Wildman–Crippen LogP) is 6.64. The summed E-state index contributed by atoms with van der Waals surface area (Å²) in [5.74, 6) is -5.58. The molecule has 0 heterocycles. The Hall–Kier alpha value is -3.64. The normalized spacial score (nSPS) is 14.5. The van der Waals surface area contributed by atoms with Gasteiger partial charge in [-0.05, 0) is 88.4 Å². The minimum atomic E-state index is -3.87. The molecule has 0 saturated heterocycles. The van der Waals surface area contributed by atoms with Crippen LogP contribution in [0, 0.1) is 30.2 Å². The smallest absolute Gasteiger partial charge is 0.277 e. The molecule has 41 heavy (non-hydrogen) atoms. The lowest BCUT2D eigenvalue weighted by Crippen LogP contribution is -2.34. The van der Waals surface area contributed by atoms with Crippen molar-refractivity contribution in [1.29, 1.82) is 0 Å². The van der Waals surface area contributed by atoms with Crippen molar-refractivity contribution in [2.24, 2.45) is 0 Å². The fourth-order valence-corrected chi connectivity index (χ4v) is 5.27. The summed E-state index contributed by atoms with van der Waals surface area (Å²) < 4.78 is 87.3. The van der Waals surface area contributed by atoms with Gasteiger partial charge >= 0.3 is 0 Å². The van der Waals surface area contributed by atoms with Gasteiger partial charge in [0.25, 0.3) is 5.91 Å². The van der Waals surface area contributed by atoms with Crippen molar-refractivity contribution < 1.29 is 35.6 Å². The molecular weight excluding hydrogens is 562 g/mol. The van der Waals surface area contributed by atoms with Crippen molar-refractivity contribution in [3.8, 4) is 0 Å². The molecule has 3 N–H and O–H groups in total. The number of anilines is 3. The van der Waals surface area contributed by atoms with E-state index in [1.165, 1.54) is 30.3 Å². The number of hydroxylamine groups is 1. The van der Waals surface area contributed by atoms with Gasteiger partial charge in [0.2, 0.25) is 10.0 Å². The molecule has 12 heteroatoms. The molecule has 0 atom stereocenters. The molecule has 0 aromatic heterocycles. The summed E-state index contributed by atoms with van der Waals surface area (Å²) in [6, 6.07) is 8.94. The maximum absolute atomic E-state index is 15.5. The lowest BCUT2D eigenvalue weighted by molar-refractivity contribution is -0.0589. The third kappa shape index (κ3) is 6.65. The number of aryl methyl sites for hydroxylation is 1. The molecule has 3 aromatic carbocycles. The molecule has 1 aliphatic rings. The number of sulfonamides is 1. The number of carbonyl (C=O) groups excluding carboxylic acids is 1. The molecule has 0 unspecified atom stereocenters. The zero-order chi connectivity index (χ0) is 30.3. The molecule has 0 aliphatic heterocycles. The SMILES string of the molecule is Cc1ccc(Nc2c(C(=O)NOC(C)(C)C)cc(Cc3cccc(NS(=O)(=O)C4(C)CC4)c3F)c(F)c2F)c(F)c1. The predicted molar refractivity (Wildman–Crippen MR) is 148 cm³/mol. The Morgan fingerprint density at radius 2 is 1.63 bits per heavy atom. The number of benzene rings is 3. The summed E-state index contributed by atoms with van der Waals surface area (Å²) in [5, 5.41) is 2.46. The van der Waals surface area contributed by atoms with Crippen LogP contribution in [0.1, 0.15) is 67.6 Å². The molecule has 0 spiro atoms. The van der Waals surface area contributed by atoms with Crippen LogP contribution in [0.5, 0.6) is 0 Å². The fraction of sp³-hybridized carbons (Fsp3) is 0.345. The van der Waals surface area contributed by atoms with Gasteiger partial charge in [0.1, 0.15) is 5.82 Å². The molecular formula is C29H31F4N3O4S. The average molecular weight is 594 g/mol. The van der Waals surface area contributed by atoms with Gasteiger partial charge in [-0.3, -0.25) is 14.4 Å². The third-order valence-electron chi connectivity index (χ3n) is 6.67. The zero-order valence-corrected chi connectivity index (χ0v) is 24.0. The van der Waals surface area contributed by atoms with Crippen LogP contribution in [0.3, 0.4) is 0 Å². The van der Waals surface area contributed by atoms with Crippen molar-refractivity contribution in [3.05, 3.63) is 88.0 Å². The minimum absolute atomic E-state index is 0.146. The number of nitrogens with one attached hydrogen (secondary N) is 3. The Morgan fingerprint density at radius 3 is 2.24 bits per heavy atom. The highest BCUT2D eigenvalue weighted by Crippen LogP contribution is 2.43. The van der Waals surface area contributed by atoms with E-state index in [9.17, 15) is 17.6 Å². The van der Waals surface area contributed by atoms with E-state index in [-0.39, 0.29) is 16.9 Å². The molecule has 4 rings (SSSR count). The first-order chi connectivity index (χ1) is 19.0. The lowest BCUT2D eigenvalue weighted by Gasteiger charge is -2.21. The van der Waals surface area contributed by atoms with Crippen LogP contribution in [-0.2, 0) is 21.3 Å². The fourth-order valence-electron chi connectivity index (χ4n) is 3.93. The van der Waals surface area contributed by atoms with Gasteiger partial charge in [-0.1, -0.05) is 18.2 Å². The van der Waals surface area contributed by atoms with Gasteiger partial charge in [-0.25, -0.2) is 31.5 Å². The summed E-state index contributed by atoms with van der Waals surface area (Å²) in [7, 11) is -3.87. The van der Waals surface area contributed by atoms with Gasteiger partial charge in [0.15, 0.2) is 17.5 Å². The Kier molecular flexibility index (Phi) is 8.12. The van der Waals surface area contributed by atoms with E-state index in [1.54, 1.807) is 40.7 Å². The van der Waals surface area contributed by atoms with Crippen LogP contribution in [0.15, 0.2) is 42.5 Å². The largest absolute Gasteiger partial charge is 0.350 e. The highest BCUT2D eigenvalue weighted by atomic mass is 32.2. The number of hydrogen-bond acceptors (Lipinski definition) is 5. The minimum Gasteiger partial charge on any atom is -0.350 e. The van der Waals surface area contributed by atoms with Gasteiger partial charge < -0.3 is 5.32 Å². The van der Waals surface area contributed by atoms with Crippen LogP contribution < -0.4 is 15.5 Å². The standard InChI is InChI=1S/C29H31F4N3O4S/c1-16-9-10-21(20(30)13-16)34-26-19(27(37)35-40-28(2,3)4)15-18(24(32)25(26)33)14-17-7-6-8-22(23(17)31)36-41(38,39)29(5)11-12-29/h6-10,13,15,34,36H,11-12,14H2,1-5H3,(H,35,37). The van der Waals surface area contributed by atoms with E-state index in [0.717, 1.165) is 6.07 Å². The Bertz CT molecular complexity index is 1620. The van der Waals surface area contributed by atoms with Crippen LogP contribution in [0.25, 0.3) is 0 Å². The van der Waals surface area contributed by atoms with Gasteiger partial charge in [-0.2, -0.15) is 0 Å². The van der Waals surface area contributed by atoms with Gasteiger partial charge in [-0.15, -0.1) is 0 Å². The quantitative estimate of drug-likeness (QED) is 0.191. The topological polar surface area (TPSA) is 96.5 Å². The number of halogens is 4. The van der Waals surface area contributed by atoms with E-state index in [1.807, 2.05) is 0 Å². The van der Waals surface area contributed by atoms with Crippen molar-refractivity contribution >= 4 is 33.0 Å². The van der Waals surface area contributed by atoms with Crippen LogP contribution >= 0.6 is 0 Å². The Labute approximate surface area is 236 Å². The first-order valence-electron chi connectivity index (χ1n) is 12.8. The highest BCUT2D eigenvalue weighted by molar-refractivity contribution is 7.94. The van der Waals surface area contributed by atoms with Crippen molar-refractivity contribution in [1.82, 2.24) is 5.48 Å². The van der Waals surface area contributed by atoms with E-state index >= 15 is 13.2 Å². The summed E-state index contributed by atoms with van der Waals surface area (Å²) in [4.78, 5) is 18.4. The van der Waals surface area contributed by atoms with Crippen molar-refractivity contribution in [2.75, 3.05) is 10.0 Å². The van der Waals surface area contributed by atoms with Gasteiger partial charge in [0.05, 0.1) is 33.0 Å². The molecule has 220 valence electrons. The molecule has 1 fully saturated rings. The van der Waals surface area contributed by atoms with E-state index < -0.39 is 72.8 Å². The second kappa shape index (κ2) is 11.0. The van der Waals surface area contributed by atoms with E-state index in [2.05, 4.69) is 15.5 Å². The van der Waals surface area contributed by atoms with Crippen molar-refractivity contribution in [3.63, 3.8) is 0 Å². The lowest BCUT2D eigenvalue weighted by atomic mass is 9.99. The molecule has 0 bridgehead atoms. The number of amides is 1. The number of carbonyl (C=O) groups is 1. The monoisotopic (exact) mass is 593 g/mol. The third-order valence-corrected chi connectivity index (χ3v) is 8.86. The van der Waals surface area contributed by atoms with Crippen LogP contribution in [0.4, 0.5) is 34.6 Å². The van der Waals surface area contributed by atoms with Crippen LogP contribution in [-0.4, -0.2) is 24.7 Å². The van der Waals surface area contributed by atoms with Gasteiger partial charge in [0, 0.05) is 6.42 Å². The molecule has 0 radical (unpaired) electrons. The Morgan fingerprint density at radius 1 is 0.951 bits per heavy atom. The summed E-state index contributed by atoms with van der Waals surface area (Å²) >= 11 is 0. The second-order valence-electron chi connectivity index (χ2n) is 11.4. The molecule has 1 saturated carbocycles. The van der Waals surface area contributed by atoms with E-state index in [0.29, 0.717) is 18.4 Å². The maximum Gasteiger partial charge on any atom is 0.277 e. The molecule has 1 aliphatic carbocycles. The molecule has 7 nitrogen and oxygen atoms in total. The first-order valence-corrected chi connectivity index (χ1v) is 14.3. The second-order valence-corrected chi connectivity index (χ2v) is 13.5. The summed E-state index contributed by atoms with van der Waals surface area (Å²) in [6.07, 6.45) is 0.344. The molecule has 3 aromatic rings. The first kappa shape index (κ1) is 30.3. The number of hydrogen-bond donors (Lipinski definition) is 3. The Balaban J connectivity index is 1.74. The highest BCUT2D eigenvalue weighted by Gasteiger charge is 2.50. The number of rotatable bonds is 9. The molecule has 1 amide bonds. The average Bonchev–Trinajstić information content (AvgIpc) is 3.64.